The van der Waals surface area contributed by atoms with Crippen LogP contribution >= 0.6 is 0 Å². The number of benzene rings is 1. The van der Waals surface area contributed by atoms with Gasteiger partial charge < -0.3 is 14.7 Å². The van der Waals surface area contributed by atoms with Crippen molar-refractivity contribution in [2.75, 3.05) is 26.2 Å². The molecule has 1 N–H and O–H groups in total. The molecule has 0 aromatic heterocycles. The van der Waals surface area contributed by atoms with Crippen LogP contribution in [0.1, 0.15) is 24.8 Å². The van der Waals surface area contributed by atoms with Gasteiger partial charge in [0.15, 0.2) is 0 Å². The smallest absolute Gasteiger partial charge is 0.475 e. The maximum absolute atomic E-state index is 12.7. The Kier molecular flexibility index (Phi) is 6.79. The average molecular weight is 414 g/mol. The SMILES string of the molecule is O=C(O)C(F)(F)F.O=C([C@H]1C[C@@H]2CN(Cc3ccccc3)C[C@H]1O2)N1CCCC1. The van der Waals surface area contributed by atoms with Gasteiger partial charge in [-0.2, -0.15) is 13.2 Å². The summed E-state index contributed by atoms with van der Waals surface area (Å²) in [5.41, 5.74) is 1.34. The van der Waals surface area contributed by atoms with Crippen LogP contribution in [0.5, 0.6) is 0 Å². The number of nitrogens with zero attached hydrogens (tertiary/aromatic N) is 2. The van der Waals surface area contributed by atoms with Gasteiger partial charge in [-0.05, 0) is 24.8 Å². The van der Waals surface area contributed by atoms with Crippen LogP contribution in [0, 0.1) is 5.92 Å². The highest BCUT2D eigenvalue weighted by molar-refractivity contribution is 5.80. The van der Waals surface area contributed by atoms with E-state index in [2.05, 4.69) is 40.1 Å². The largest absolute Gasteiger partial charge is 0.490 e. The number of halogens is 3. The lowest BCUT2D eigenvalue weighted by Gasteiger charge is -2.33. The van der Waals surface area contributed by atoms with Gasteiger partial charge in [0, 0.05) is 32.7 Å². The van der Waals surface area contributed by atoms with E-state index in [4.69, 9.17) is 14.6 Å². The van der Waals surface area contributed by atoms with Gasteiger partial charge in [-0.3, -0.25) is 9.69 Å². The minimum Gasteiger partial charge on any atom is -0.475 e. The van der Waals surface area contributed by atoms with Gasteiger partial charge in [0.25, 0.3) is 0 Å². The molecule has 4 rings (SSSR count). The van der Waals surface area contributed by atoms with Crippen molar-refractivity contribution in [2.45, 2.75) is 44.2 Å². The molecule has 0 saturated carbocycles. The van der Waals surface area contributed by atoms with Crippen molar-refractivity contribution >= 4 is 11.9 Å². The molecule has 29 heavy (non-hydrogen) atoms. The molecule has 1 amide bonds. The van der Waals surface area contributed by atoms with Gasteiger partial charge in [-0.1, -0.05) is 30.3 Å². The molecule has 0 spiro atoms. The lowest BCUT2D eigenvalue weighted by atomic mass is 9.99. The predicted molar refractivity (Wildman–Crippen MR) is 98.0 cm³/mol. The summed E-state index contributed by atoms with van der Waals surface area (Å²) in [6.45, 7) is 4.69. The number of amides is 1. The number of carboxylic acids is 1. The van der Waals surface area contributed by atoms with Crippen molar-refractivity contribution < 1.29 is 32.6 Å². The van der Waals surface area contributed by atoms with Gasteiger partial charge in [-0.25, -0.2) is 4.79 Å². The number of alkyl halides is 3. The molecule has 0 unspecified atom stereocenters. The fourth-order valence-electron chi connectivity index (χ4n) is 4.14. The highest BCUT2D eigenvalue weighted by Crippen LogP contribution is 2.34. The number of hydrogen-bond acceptors (Lipinski definition) is 4. The van der Waals surface area contributed by atoms with E-state index in [-0.39, 0.29) is 18.1 Å². The summed E-state index contributed by atoms with van der Waals surface area (Å²) in [4.78, 5) is 26.1. The van der Waals surface area contributed by atoms with Crippen molar-refractivity contribution in [1.82, 2.24) is 9.80 Å². The number of ether oxygens (including phenoxy) is 1. The third kappa shape index (κ3) is 5.70. The molecule has 6 nitrogen and oxygen atoms in total. The van der Waals surface area contributed by atoms with Crippen LogP contribution in [0.3, 0.4) is 0 Å². The second kappa shape index (κ2) is 9.13. The normalized spacial score (nSPS) is 26.7. The molecule has 1 aromatic carbocycles. The molecule has 3 saturated heterocycles. The maximum Gasteiger partial charge on any atom is 0.490 e. The molecule has 1 aromatic rings. The fourth-order valence-corrected chi connectivity index (χ4v) is 4.14. The van der Waals surface area contributed by atoms with Crippen molar-refractivity contribution in [3.05, 3.63) is 35.9 Å². The predicted octanol–water partition coefficient (Wildman–Crippen LogP) is 2.53. The Hall–Kier alpha value is -2.13. The monoisotopic (exact) mass is 414 g/mol. The molecule has 3 fully saturated rings. The van der Waals surface area contributed by atoms with E-state index >= 15 is 0 Å². The van der Waals surface area contributed by atoms with Gasteiger partial charge >= 0.3 is 12.1 Å². The molecule has 0 radical (unpaired) electrons. The van der Waals surface area contributed by atoms with Crippen molar-refractivity contribution in [3.8, 4) is 0 Å². The molecular formula is C20H25F3N2O4. The number of likely N-dealkylation sites (tertiary alicyclic amines) is 2. The summed E-state index contributed by atoms with van der Waals surface area (Å²) in [5, 5.41) is 7.12. The molecule has 3 atom stereocenters. The van der Waals surface area contributed by atoms with Crippen molar-refractivity contribution in [2.24, 2.45) is 5.92 Å². The summed E-state index contributed by atoms with van der Waals surface area (Å²) in [6.07, 6.45) is -1.53. The standard InChI is InChI=1S/C18H24N2O2.C2HF3O2/c21-18(20-8-4-5-9-20)16-10-15-12-19(13-17(16)22-15)11-14-6-2-1-3-7-14;3-2(4,5)1(6)7/h1-3,6-7,15-17H,4-5,8-13H2;(H,6,7)/t15-,16+,17-;/m1./s1. The van der Waals surface area contributed by atoms with Gasteiger partial charge in [0.05, 0.1) is 18.1 Å². The highest BCUT2D eigenvalue weighted by Gasteiger charge is 2.46. The second-order valence-electron chi connectivity index (χ2n) is 7.65. The Bertz CT molecular complexity index is 707. The van der Waals surface area contributed by atoms with E-state index in [1.54, 1.807) is 0 Å². The number of morpholine rings is 1. The molecule has 3 heterocycles. The molecule has 3 aliphatic rings. The van der Waals surface area contributed by atoms with E-state index in [0.29, 0.717) is 5.91 Å². The zero-order chi connectivity index (χ0) is 21.0. The van der Waals surface area contributed by atoms with Crippen LogP contribution < -0.4 is 0 Å². The Morgan fingerprint density at radius 3 is 2.31 bits per heavy atom. The Morgan fingerprint density at radius 1 is 1.10 bits per heavy atom. The first-order chi connectivity index (χ1) is 13.7. The third-order valence-corrected chi connectivity index (χ3v) is 5.46. The van der Waals surface area contributed by atoms with E-state index < -0.39 is 12.1 Å². The molecule has 0 aliphatic carbocycles. The lowest BCUT2D eigenvalue weighted by molar-refractivity contribution is -0.192. The van der Waals surface area contributed by atoms with Crippen molar-refractivity contribution in [1.29, 1.82) is 0 Å². The number of carbonyl (C=O) groups is 2. The number of rotatable bonds is 3. The summed E-state index contributed by atoms with van der Waals surface area (Å²) in [5.74, 6) is -2.33. The maximum atomic E-state index is 12.7. The summed E-state index contributed by atoms with van der Waals surface area (Å²) < 4.78 is 37.8. The van der Waals surface area contributed by atoms with Crippen molar-refractivity contribution in [3.63, 3.8) is 0 Å². The summed E-state index contributed by atoms with van der Waals surface area (Å²) in [7, 11) is 0. The molecule has 9 heteroatoms. The number of fused-ring (bicyclic) bond motifs is 2. The summed E-state index contributed by atoms with van der Waals surface area (Å²) >= 11 is 0. The van der Waals surface area contributed by atoms with Crippen LogP contribution in [0.4, 0.5) is 13.2 Å². The molecule has 160 valence electrons. The first-order valence-corrected chi connectivity index (χ1v) is 9.74. The number of aliphatic carboxylic acids is 1. The zero-order valence-electron chi connectivity index (χ0n) is 16.0. The second-order valence-corrected chi connectivity index (χ2v) is 7.65. The van der Waals surface area contributed by atoms with E-state index in [1.165, 1.54) is 5.56 Å². The van der Waals surface area contributed by atoms with Crippen LogP contribution in [0.15, 0.2) is 30.3 Å². The van der Waals surface area contributed by atoms with E-state index in [1.807, 2.05) is 0 Å². The van der Waals surface area contributed by atoms with Gasteiger partial charge in [-0.15, -0.1) is 0 Å². The number of hydrogen-bond donors (Lipinski definition) is 1. The number of carboxylic acid groups (broad SMARTS) is 1. The topological polar surface area (TPSA) is 70.1 Å². The third-order valence-electron chi connectivity index (χ3n) is 5.46. The Balaban J connectivity index is 0.000000298. The fraction of sp³-hybridized carbons (Fsp3) is 0.600. The van der Waals surface area contributed by atoms with Crippen LogP contribution in [0.2, 0.25) is 0 Å². The highest BCUT2D eigenvalue weighted by atomic mass is 19.4. The quantitative estimate of drug-likeness (QED) is 0.823. The van der Waals surface area contributed by atoms with Crippen LogP contribution in [-0.2, 0) is 20.9 Å². The Labute approximate surface area is 167 Å². The zero-order valence-corrected chi connectivity index (χ0v) is 16.0. The molecule has 3 aliphatic heterocycles. The van der Waals surface area contributed by atoms with Gasteiger partial charge in [0.2, 0.25) is 5.91 Å². The molecule has 2 bridgehead atoms. The van der Waals surface area contributed by atoms with E-state index in [0.717, 1.165) is 52.0 Å². The average Bonchev–Trinajstić information content (AvgIpc) is 3.30. The number of carbonyl (C=O) groups excluding carboxylic acids is 1. The first-order valence-electron chi connectivity index (χ1n) is 9.74. The minimum atomic E-state index is -5.08. The van der Waals surface area contributed by atoms with Crippen LogP contribution in [-0.4, -0.2) is 71.3 Å². The minimum absolute atomic E-state index is 0.0869. The Morgan fingerprint density at radius 2 is 1.72 bits per heavy atom. The summed E-state index contributed by atoms with van der Waals surface area (Å²) in [6, 6.07) is 10.6. The van der Waals surface area contributed by atoms with Crippen LogP contribution in [0.25, 0.3) is 0 Å². The van der Waals surface area contributed by atoms with Gasteiger partial charge in [0.1, 0.15) is 0 Å². The molecular weight excluding hydrogens is 389 g/mol. The lowest BCUT2D eigenvalue weighted by Crippen LogP contribution is -2.45. The first kappa shape index (κ1) is 21.6. The van der Waals surface area contributed by atoms with E-state index in [9.17, 15) is 18.0 Å².